The first kappa shape index (κ1) is 13.7. The van der Waals surface area contributed by atoms with Gasteiger partial charge in [-0.1, -0.05) is 39.3 Å². The molecule has 1 aliphatic carbocycles. The van der Waals surface area contributed by atoms with Gasteiger partial charge in [-0.15, -0.1) is 0 Å². The lowest BCUT2D eigenvalue weighted by Crippen LogP contribution is -2.29. The van der Waals surface area contributed by atoms with Crippen LogP contribution in [0.3, 0.4) is 0 Å². The Morgan fingerprint density at radius 3 is 2.39 bits per heavy atom. The summed E-state index contributed by atoms with van der Waals surface area (Å²) in [6.07, 6.45) is 8.37. The molecule has 0 aromatic rings. The number of hydrogen-bond acceptors (Lipinski definition) is 2. The summed E-state index contributed by atoms with van der Waals surface area (Å²) < 4.78 is 11.7. The minimum atomic E-state index is -0.352. The van der Waals surface area contributed by atoms with Crippen LogP contribution in [-0.2, 0) is 9.31 Å². The summed E-state index contributed by atoms with van der Waals surface area (Å²) in [5.74, 6) is 0.746. The van der Waals surface area contributed by atoms with Crippen molar-refractivity contribution in [3.05, 3.63) is 23.9 Å². The van der Waals surface area contributed by atoms with Crippen molar-refractivity contribution in [1.29, 1.82) is 0 Å². The molecule has 100 valence electrons. The molecule has 0 atom stereocenters. The maximum atomic E-state index is 5.95. The molecule has 3 heteroatoms. The minimum Gasteiger partial charge on any atom is -0.534 e. The summed E-state index contributed by atoms with van der Waals surface area (Å²) in [4.78, 5) is 0. The van der Waals surface area contributed by atoms with Gasteiger partial charge in [0.05, 0.1) is 5.76 Å². The van der Waals surface area contributed by atoms with E-state index >= 15 is 0 Å². The number of allylic oxidation sites excluding steroid dienone is 2. The third kappa shape index (κ3) is 2.38. The predicted molar refractivity (Wildman–Crippen MR) is 76.1 cm³/mol. The Kier molecular flexibility index (Phi) is 3.64. The smallest absolute Gasteiger partial charge is 0.534 e. The Labute approximate surface area is 112 Å². The van der Waals surface area contributed by atoms with Gasteiger partial charge in [-0.2, -0.15) is 0 Å². The molecule has 0 amide bonds. The van der Waals surface area contributed by atoms with Gasteiger partial charge < -0.3 is 9.31 Å². The maximum Gasteiger partial charge on any atom is 0.558 e. The second-order valence-electron chi connectivity index (χ2n) is 6.19. The Morgan fingerprint density at radius 2 is 2.00 bits per heavy atom. The molecule has 0 aromatic carbocycles. The van der Waals surface area contributed by atoms with Crippen LogP contribution in [0.2, 0.25) is 0 Å². The lowest BCUT2D eigenvalue weighted by molar-refractivity contribution is 0.170. The SMILES string of the molecule is C=C1OB(C2=CCC(CC)(CC)CC2)OC1(C)C. The highest BCUT2D eigenvalue weighted by Gasteiger charge is 2.45. The van der Waals surface area contributed by atoms with E-state index in [-0.39, 0.29) is 12.7 Å². The normalized spacial score (nSPS) is 25.9. The molecule has 0 bridgehead atoms. The molecule has 2 rings (SSSR count). The average Bonchev–Trinajstić information content (AvgIpc) is 2.64. The quantitative estimate of drug-likeness (QED) is 0.694. The predicted octanol–water partition coefficient (Wildman–Crippen LogP) is 4.27. The number of hydrogen-bond donors (Lipinski definition) is 0. The molecule has 0 aromatic heterocycles. The zero-order valence-corrected chi connectivity index (χ0v) is 12.2. The highest BCUT2D eigenvalue weighted by molar-refractivity contribution is 6.55. The van der Waals surface area contributed by atoms with Crippen molar-refractivity contribution in [3.8, 4) is 0 Å². The maximum absolute atomic E-state index is 5.95. The highest BCUT2D eigenvalue weighted by Crippen LogP contribution is 2.43. The molecule has 1 saturated heterocycles. The fourth-order valence-corrected chi connectivity index (χ4v) is 2.85. The van der Waals surface area contributed by atoms with E-state index in [1.165, 1.54) is 24.7 Å². The summed E-state index contributed by atoms with van der Waals surface area (Å²) >= 11 is 0. The van der Waals surface area contributed by atoms with Gasteiger partial charge in [0, 0.05) is 0 Å². The van der Waals surface area contributed by atoms with E-state index in [0.717, 1.165) is 18.6 Å². The summed E-state index contributed by atoms with van der Waals surface area (Å²) in [6, 6.07) is 0. The zero-order valence-electron chi connectivity index (χ0n) is 12.2. The van der Waals surface area contributed by atoms with Gasteiger partial charge in [-0.3, -0.25) is 0 Å². The van der Waals surface area contributed by atoms with E-state index in [4.69, 9.17) is 9.31 Å². The van der Waals surface area contributed by atoms with Gasteiger partial charge in [0.1, 0.15) is 5.60 Å². The van der Waals surface area contributed by atoms with Crippen molar-refractivity contribution in [2.75, 3.05) is 0 Å². The molecule has 2 aliphatic rings. The van der Waals surface area contributed by atoms with Gasteiger partial charge in [0.25, 0.3) is 0 Å². The molecule has 0 N–H and O–H groups in total. The van der Waals surface area contributed by atoms with E-state index in [1.54, 1.807) is 0 Å². The molecule has 0 saturated carbocycles. The molecule has 1 aliphatic heterocycles. The molecule has 0 radical (unpaired) electrons. The van der Waals surface area contributed by atoms with Crippen LogP contribution >= 0.6 is 0 Å². The van der Waals surface area contributed by atoms with Crippen LogP contribution < -0.4 is 0 Å². The lowest BCUT2D eigenvalue weighted by Gasteiger charge is -2.35. The summed E-state index contributed by atoms with van der Waals surface area (Å²) in [7, 11) is -0.195. The molecule has 18 heavy (non-hydrogen) atoms. The molecular formula is C15H25BO2. The molecule has 0 unspecified atom stereocenters. The summed E-state index contributed by atoms with van der Waals surface area (Å²) in [5, 5.41) is 0. The fraction of sp³-hybridized carbons (Fsp3) is 0.733. The molecule has 0 spiro atoms. The third-order valence-electron chi connectivity index (χ3n) is 4.87. The van der Waals surface area contributed by atoms with E-state index in [9.17, 15) is 0 Å². The van der Waals surface area contributed by atoms with Crippen LogP contribution in [0.4, 0.5) is 0 Å². The average molecular weight is 248 g/mol. The van der Waals surface area contributed by atoms with Crippen molar-refractivity contribution in [2.24, 2.45) is 5.41 Å². The van der Waals surface area contributed by atoms with Crippen molar-refractivity contribution < 1.29 is 9.31 Å². The van der Waals surface area contributed by atoms with Crippen molar-refractivity contribution in [3.63, 3.8) is 0 Å². The van der Waals surface area contributed by atoms with Crippen molar-refractivity contribution in [1.82, 2.24) is 0 Å². The minimum absolute atomic E-state index is 0.195. The number of rotatable bonds is 3. The van der Waals surface area contributed by atoms with Gasteiger partial charge in [-0.05, 0) is 44.0 Å². The van der Waals surface area contributed by atoms with Crippen LogP contribution in [0.5, 0.6) is 0 Å². The van der Waals surface area contributed by atoms with Crippen LogP contribution in [0.15, 0.2) is 23.9 Å². The third-order valence-corrected chi connectivity index (χ3v) is 4.87. The van der Waals surface area contributed by atoms with E-state index < -0.39 is 0 Å². The first-order valence-corrected chi connectivity index (χ1v) is 7.15. The Balaban J connectivity index is 2.05. The standard InChI is InChI=1S/C15H25BO2/c1-6-15(7-2)10-8-13(9-11-15)16-17-12(3)14(4,5)18-16/h8H,3,6-7,9-11H2,1-2,4-5H3. The van der Waals surface area contributed by atoms with Gasteiger partial charge in [0.15, 0.2) is 0 Å². The fourth-order valence-electron chi connectivity index (χ4n) is 2.85. The van der Waals surface area contributed by atoms with E-state index in [1.807, 2.05) is 13.8 Å². The zero-order chi connectivity index (χ0) is 13.4. The van der Waals surface area contributed by atoms with Crippen molar-refractivity contribution in [2.45, 2.75) is 65.4 Å². The van der Waals surface area contributed by atoms with Crippen LogP contribution in [0.1, 0.15) is 59.8 Å². The molecular weight excluding hydrogens is 223 g/mol. The lowest BCUT2D eigenvalue weighted by atomic mass is 9.64. The van der Waals surface area contributed by atoms with Crippen LogP contribution in [0.25, 0.3) is 0 Å². The Morgan fingerprint density at radius 1 is 1.33 bits per heavy atom. The monoisotopic (exact) mass is 248 g/mol. The van der Waals surface area contributed by atoms with Gasteiger partial charge in [0.2, 0.25) is 0 Å². The summed E-state index contributed by atoms with van der Waals surface area (Å²) in [5.41, 5.74) is 1.46. The van der Waals surface area contributed by atoms with E-state index in [0.29, 0.717) is 5.41 Å². The van der Waals surface area contributed by atoms with Crippen LogP contribution in [0, 0.1) is 5.41 Å². The Hall–Kier alpha value is -0.695. The van der Waals surface area contributed by atoms with E-state index in [2.05, 4.69) is 26.5 Å². The largest absolute Gasteiger partial charge is 0.558 e. The van der Waals surface area contributed by atoms with Gasteiger partial charge >= 0.3 is 7.12 Å². The Bertz CT molecular complexity index is 367. The van der Waals surface area contributed by atoms with Gasteiger partial charge in [-0.25, -0.2) is 0 Å². The first-order chi connectivity index (χ1) is 8.42. The molecule has 1 fully saturated rings. The molecule has 1 heterocycles. The second-order valence-corrected chi connectivity index (χ2v) is 6.19. The first-order valence-electron chi connectivity index (χ1n) is 7.15. The highest BCUT2D eigenvalue weighted by atomic mass is 16.7. The molecule has 2 nitrogen and oxygen atoms in total. The second kappa shape index (κ2) is 4.77. The van der Waals surface area contributed by atoms with Crippen LogP contribution in [-0.4, -0.2) is 12.7 Å². The summed E-state index contributed by atoms with van der Waals surface area (Å²) in [6.45, 7) is 12.6. The van der Waals surface area contributed by atoms with Crippen molar-refractivity contribution >= 4 is 7.12 Å². The topological polar surface area (TPSA) is 18.5 Å².